The van der Waals surface area contributed by atoms with Gasteiger partial charge in [0.05, 0.1) is 6.07 Å². The summed E-state index contributed by atoms with van der Waals surface area (Å²) in [5, 5.41) is 11.4. The molecule has 1 fully saturated rings. The molecule has 0 radical (unpaired) electrons. The van der Waals surface area contributed by atoms with Gasteiger partial charge in [-0.25, -0.2) is 0 Å². The fourth-order valence-corrected chi connectivity index (χ4v) is 2.18. The summed E-state index contributed by atoms with van der Waals surface area (Å²) < 4.78 is 37.1. The van der Waals surface area contributed by atoms with E-state index in [1.807, 2.05) is 0 Å². The van der Waals surface area contributed by atoms with Crippen LogP contribution in [-0.2, 0) is 0 Å². The Morgan fingerprint density at radius 2 is 1.65 bits per heavy atom. The molecule has 1 atom stereocenters. The summed E-state index contributed by atoms with van der Waals surface area (Å²) in [4.78, 5) is 0. The predicted molar refractivity (Wildman–Crippen MR) is 59.3 cm³/mol. The van der Waals surface area contributed by atoms with Crippen molar-refractivity contribution < 1.29 is 13.2 Å². The van der Waals surface area contributed by atoms with Crippen LogP contribution in [0.3, 0.4) is 0 Å². The third-order valence-electron chi connectivity index (χ3n) is 3.27. The van der Waals surface area contributed by atoms with Crippen LogP contribution < -0.4 is 5.32 Å². The summed E-state index contributed by atoms with van der Waals surface area (Å²) in [5.74, 6) is -1.88. The Morgan fingerprint density at radius 1 is 1.12 bits per heavy atom. The summed E-state index contributed by atoms with van der Waals surface area (Å²) in [6.45, 7) is -0.273. The first-order valence-electron chi connectivity index (χ1n) is 6.23. The molecule has 98 valence electrons. The van der Waals surface area contributed by atoms with Crippen molar-refractivity contribution in [1.82, 2.24) is 5.32 Å². The zero-order valence-electron chi connectivity index (χ0n) is 9.89. The van der Waals surface area contributed by atoms with Crippen LogP contribution >= 0.6 is 0 Å². The average Bonchev–Trinajstić information content (AvgIpc) is 2.19. The summed E-state index contributed by atoms with van der Waals surface area (Å²) in [6.07, 6.45) is 3.14. The summed E-state index contributed by atoms with van der Waals surface area (Å²) in [5.41, 5.74) is 0. The summed E-state index contributed by atoms with van der Waals surface area (Å²) in [6, 6.07) is 1.47. The summed E-state index contributed by atoms with van der Waals surface area (Å²) >= 11 is 0. The second-order valence-electron chi connectivity index (χ2n) is 4.67. The number of nitrogens with zero attached hydrogens (tertiary/aromatic N) is 1. The van der Waals surface area contributed by atoms with E-state index in [0.29, 0.717) is 0 Å². The summed E-state index contributed by atoms with van der Waals surface area (Å²) in [7, 11) is 0. The van der Waals surface area contributed by atoms with Gasteiger partial charge in [0, 0.05) is 12.6 Å². The number of nitriles is 1. The van der Waals surface area contributed by atoms with Crippen LogP contribution in [0, 0.1) is 17.2 Å². The lowest BCUT2D eigenvalue weighted by Gasteiger charge is -2.23. The lowest BCUT2D eigenvalue weighted by atomic mass is 9.96. The molecule has 0 spiro atoms. The van der Waals surface area contributed by atoms with Crippen LogP contribution in [0.25, 0.3) is 0 Å². The number of hydrogen-bond acceptors (Lipinski definition) is 2. The Hall–Kier alpha value is -0.760. The highest BCUT2D eigenvalue weighted by atomic mass is 19.4. The minimum Gasteiger partial charge on any atom is -0.312 e. The maximum absolute atomic E-state index is 12.4. The highest BCUT2D eigenvalue weighted by molar-refractivity contribution is 4.90. The number of nitrogens with one attached hydrogen (secondary N) is 1. The number of alkyl halides is 3. The van der Waals surface area contributed by atoms with Crippen molar-refractivity contribution in [3.63, 3.8) is 0 Å². The van der Waals surface area contributed by atoms with E-state index in [2.05, 4.69) is 5.32 Å². The second kappa shape index (κ2) is 6.85. The van der Waals surface area contributed by atoms with E-state index in [9.17, 15) is 13.2 Å². The van der Waals surface area contributed by atoms with Crippen molar-refractivity contribution in [3.8, 4) is 6.07 Å². The van der Waals surface area contributed by atoms with Gasteiger partial charge in [0.1, 0.15) is 0 Å². The molecule has 0 aliphatic heterocycles. The Kier molecular flexibility index (Phi) is 5.76. The quantitative estimate of drug-likeness (QED) is 0.831. The van der Waals surface area contributed by atoms with Crippen LogP contribution in [0.5, 0.6) is 0 Å². The Bertz CT molecular complexity index is 249. The van der Waals surface area contributed by atoms with Crippen LogP contribution in [0.4, 0.5) is 13.2 Å². The number of rotatable bonds is 3. The molecule has 1 aliphatic rings. The van der Waals surface area contributed by atoms with Crippen molar-refractivity contribution in [3.05, 3.63) is 0 Å². The zero-order valence-corrected chi connectivity index (χ0v) is 9.89. The lowest BCUT2D eigenvalue weighted by molar-refractivity contribution is -0.158. The molecule has 1 aliphatic carbocycles. The minimum absolute atomic E-state index is 0.147. The zero-order chi connectivity index (χ0) is 12.7. The van der Waals surface area contributed by atoms with E-state index in [0.717, 1.165) is 25.7 Å². The van der Waals surface area contributed by atoms with Gasteiger partial charge in [-0.2, -0.15) is 18.4 Å². The van der Waals surface area contributed by atoms with Gasteiger partial charge in [-0.05, 0) is 12.8 Å². The molecule has 0 amide bonds. The van der Waals surface area contributed by atoms with Crippen LogP contribution in [-0.4, -0.2) is 18.8 Å². The first-order chi connectivity index (χ1) is 8.04. The minimum atomic E-state index is -4.41. The van der Waals surface area contributed by atoms with Crippen molar-refractivity contribution >= 4 is 0 Å². The normalized spacial score (nSPS) is 21.3. The van der Waals surface area contributed by atoms with Gasteiger partial charge >= 0.3 is 6.18 Å². The maximum Gasteiger partial charge on any atom is 0.405 e. The first-order valence-corrected chi connectivity index (χ1v) is 6.23. The standard InChI is InChI=1S/C12H19F3N2/c13-12(14,15)10(8-16)9-17-11-6-4-2-1-3-5-7-11/h10-11,17H,1-7,9H2. The van der Waals surface area contributed by atoms with Gasteiger partial charge in [0.2, 0.25) is 0 Å². The van der Waals surface area contributed by atoms with Gasteiger partial charge in [-0.3, -0.25) is 0 Å². The molecule has 0 heterocycles. The third-order valence-corrected chi connectivity index (χ3v) is 3.27. The molecular weight excluding hydrogens is 229 g/mol. The van der Waals surface area contributed by atoms with Crippen LogP contribution in [0.15, 0.2) is 0 Å². The molecule has 0 bridgehead atoms. The molecule has 1 rings (SSSR count). The average molecular weight is 248 g/mol. The van der Waals surface area contributed by atoms with E-state index in [-0.39, 0.29) is 12.6 Å². The fraction of sp³-hybridized carbons (Fsp3) is 0.917. The molecule has 17 heavy (non-hydrogen) atoms. The van der Waals surface area contributed by atoms with Gasteiger partial charge in [0.15, 0.2) is 5.92 Å². The smallest absolute Gasteiger partial charge is 0.312 e. The largest absolute Gasteiger partial charge is 0.405 e. The monoisotopic (exact) mass is 248 g/mol. The molecule has 0 aromatic carbocycles. The lowest BCUT2D eigenvalue weighted by Crippen LogP contribution is -2.38. The molecular formula is C12H19F3N2. The highest BCUT2D eigenvalue weighted by Gasteiger charge is 2.39. The van der Waals surface area contributed by atoms with Crippen molar-refractivity contribution in [1.29, 1.82) is 5.26 Å². The Morgan fingerprint density at radius 3 is 2.12 bits per heavy atom. The van der Waals surface area contributed by atoms with Gasteiger partial charge in [-0.15, -0.1) is 0 Å². The van der Waals surface area contributed by atoms with Crippen molar-refractivity contribution in [2.24, 2.45) is 5.92 Å². The predicted octanol–water partition coefficient (Wildman–Crippen LogP) is 3.39. The molecule has 1 unspecified atom stereocenters. The fourth-order valence-electron chi connectivity index (χ4n) is 2.18. The van der Waals surface area contributed by atoms with E-state index in [1.54, 1.807) is 0 Å². The van der Waals surface area contributed by atoms with Crippen LogP contribution in [0.2, 0.25) is 0 Å². The van der Waals surface area contributed by atoms with Crippen molar-refractivity contribution in [2.75, 3.05) is 6.54 Å². The Balaban J connectivity index is 2.34. The topological polar surface area (TPSA) is 35.8 Å². The van der Waals surface area contributed by atoms with Crippen LogP contribution in [0.1, 0.15) is 44.9 Å². The van der Waals surface area contributed by atoms with E-state index >= 15 is 0 Å². The molecule has 5 heteroatoms. The number of halogens is 3. The molecule has 1 N–H and O–H groups in total. The SMILES string of the molecule is N#CC(CNC1CCCCCCC1)C(F)(F)F. The molecule has 1 saturated carbocycles. The highest BCUT2D eigenvalue weighted by Crippen LogP contribution is 2.25. The maximum atomic E-state index is 12.4. The van der Waals surface area contributed by atoms with E-state index in [4.69, 9.17) is 5.26 Å². The molecule has 0 aromatic rings. The molecule has 2 nitrogen and oxygen atoms in total. The molecule has 0 saturated heterocycles. The van der Waals surface area contributed by atoms with Gasteiger partial charge in [-0.1, -0.05) is 32.1 Å². The van der Waals surface area contributed by atoms with Gasteiger partial charge in [0.25, 0.3) is 0 Å². The Labute approximate surface area is 100 Å². The molecule has 0 aromatic heterocycles. The van der Waals surface area contributed by atoms with Crippen molar-refractivity contribution in [2.45, 2.75) is 57.2 Å². The third kappa shape index (κ3) is 5.40. The number of hydrogen-bond donors (Lipinski definition) is 1. The second-order valence-corrected chi connectivity index (χ2v) is 4.67. The van der Waals surface area contributed by atoms with E-state index < -0.39 is 12.1 Å². The van der Waals surface area contributed by atoms with E-state index in [1.165, 1.54) is 25.3 Å². The first kappa shape index (κ1) is 14.3. The van der Waals surface area contributed by atoms with Gasteiger partial charge < -0.3 is 5.32 Å².